The molecule has 1 unspecified atom stereocenters. The van der Waals surface area contributed by atoms with Crippen molar-refractivity contribution in [1.29, 1.82) is 0 Å². The highest BCUT2D eigenvalue weighted by atomic mass is 16.6. The van der Waals surface area contributed by atoms with Gasteiger partial charge in [-0.3, -0.25) is 19.2 Å². The lowest BCUT2D eigenvalue weighted by Crippen LogP contribution is -2.65. The molecular formula is C32H46O8. The molecular weight excluding hydrogens is 512 g/mol. The van der Waals surface area contributed by atoms with Crippen molar-refractivity contribution in [2.24, 2.45) is 39.4 Å². The van der Waals surface area contributed by atoms with Crippen LogP contribution in [0.4, 0.5) is 0 Å². The number of fused-ring (bicyclic) bond motifs is 5. The summed E-state index contributed by atoms with van der Waals surface area (Å²) in [7, 11) is 0. The molecule has 0 aromatic carbocycles. The Balaban J connectivity index is 1.75. The van der Waals surface area contributed by atoms with Gasteiger partial charge in [0.05, 0.1) is 6.10 Å². The molecule has 8 nitrogen and oxygen atoms in total. The molecule has 0 bridgehead atoms. The molecule has 3 saturated carbocycles. The quantitative estimate of drug-likeness (QED) is 0.265. The van der Waals surface area contributed by atoms with Crippen molar-refractivity contribution >= 4 is 23.3 Å². The Labute approximate surface area is 237 Å². The van der Waals surface area contributed by atoms with Gasteiger partial charge in [-0.25, -0.2) is 0 Å². The molecule has 4 aliphatic rings. The van der Waals surface area contributed by atoms with Gasteiger partial charge in [-0.2, -0.15) is 0 Å². The largest absolute Gasteiger partial charge is 0.456 e. The Morgan fingerprint density at radius 1 is 1.05 bits per heavy atom. The zero-order valence-corrected chi connectivity index (χ0v) is 25.3. The molecule has 0 aliphatic heterocycles. The standard InChI is InChI=1S/C32H46O8/c1-17(33)40-27(2,3)13-12-23(36)32(9,39)25-21(35)15-29(6)22-11-10-18-19(14-20(34)26(38)28(18,4)5)31(22,8)24(37)16-30(25,29)7/h10,12-13,19,21-22,25-26,35,38-39H,11,14-16H2,1-9H3/b13-12+/t19?,21-,22+,25+,26-,29+,30-,31+,32+/m1/s1. The average molecular weight is 559 g/mol. The number of esters is 1. The number of hydrogen-bond donors (Lipinski definition) is 3. The van der Waals surface area contributed by atoms with Crippen molar-refractivity contribution in [1.82, 2.24) is 0 Å². The molecule has 0 aromatic rings. The third kappa shape index (κ3) is 4.11. The second-order valence-corrected chi connectivity index (χ2v) is 14.8. The van der Waals surface area contributed by atoms with Crippen molar-refractivity contribution in [3.05, 3.63) is 23.8 Å². The Hall–Kier alpha value is -2.16. The molecule has 0 amide bonds. The van der Waals surface area contributed by atoms with Crippen LogP contribution in [0.15, 0.2) is 23.8 Å². The zero-order valence-electron chi connectivity index (χ0n) is 25.3. The van der Waals surface area contributed by atoms with E-state index in [1.165, 1.54) is 26.0 Å². The number of rotatable bonds is 5. The number of Topliss-reactive ketones (excluding diaryl/α,β-unsaturated/α-hetero) is 2. The van der Waals surface area contributed by atoms with Gasteiger partial charge in [0.25, 0.3) is 0 Å². The maximum absolute atomic E-state index is 14.3. The van der Waals surface area contributed by atoms with Crippen LogP contribution in [-0.2, 0) is 23.9 Å². The van der Waals surface area contributed by atoms with E-state index in [9.17, 15) is 34.5 Å². The summed E-state index contributed by atoms with van der Waals surface area (Å²) in [5, 5.41) is 33.9. The summed E-state index contributed by atoms with van der Waals surface area (Å²) in [5.74, 6) is -2.96. The average Bonchev–Trinajstić information content (AvgIpc) is 3.01. The number of aliphatic hydroxyl groups is 3. The molecule has 3 N–H and O–H groups in total. The van der Waals surface area contributed by atoms with Crippen LogP contribution in [0.2, 0.25) is 0 Å². The molecule has 0 heterocycles. The fraction of sp³-hybridized carbons (Fsp3) is 0.750. The first-order valence-electron chi connectivity index (χ1n) is 14.4. The van der Waals surface area contributed by atoms with Crippen LogP contribution in [-0.4, -0.2) is 62.0 Å². The van der Waals surface area contributed by atoms with Crippen LogP contribution in [0.5, 0.6) is 0 Å². The molecule has 40 heavy (non-hydrogen) atoms. The van der Waals surface area contributed by atoms with Crippen LogP contribution in [0.25, 0.3) is 0 Å². The van der Waals surface area contributed by atoms with Crippen molar-refractivity contribution in [3.63, 3.8) is 0 Å². The number of ketones is 3. The van der Waals surface area contributed by atoms with Crippen LogP contribution in [0.3, 0.4) is 0 Å². The first-order valence-corrected chi connectivity index (χ1v) is 14.4. The predicted octanol–water partition coefficient (Wildman–Crippen LogP) is 3.50. The molecule has 0 spiro atoms. The number of ether oxygens (including phenoxy) is 1. The number of allylic oxidation sites excluding steroid dienone is 1. The van der Waals surface area contributed by atoms with Crippen molar-refractivity contribution in [2.75, 3.05) is 0 Å². The first kappa shape index (κ1) is 30.8. The van der Waals surface area contributed by atoms with E-state index in [0.717, 1.165) is 5.57 Å². The van der Waals surface area contributed by atoms with Gasteiger partial charge in [-0.15, -0.1) is 0 Å². The molecule has 0 saturated heterocycles. The minimum atomic E-state index is -1.99. The molecule has 8 heteroatoms. The van der Waals surface area contributed by atoms with Crippen LogP contribution in [0, 0.1) is 39.4 Å². The Morgan fingerprint density at radius 2 is 1.65 bits per heavy atom. The SMILES string of the molecule is CC(=O)OC(C)(C)/C=C/C(=O)[C@](C)(O)[C@H]1[C@H](O)C[C@@]2(C)[C@@H]3CC=C4C(CC(=O)[C@@H](O)C4(C)C)[C@]3(C)C(=O)C[C@]12C. The highest BCUT2D eigenvalue weighted by molar-refractivity contribution is 5.97. The summed E-state index contributed by atoms with van der Waals surface area (Å²) in [4.78, 5) is 52.1. The molecule has 222 valence electrons. The van der Waals surface area contributed by atoms with Gasteiger partial charge in [-0.05, 0) is 68.4 Å². The van der Waals surface area contributed by atoms with Crippen LogP contribution >= 0.6 is 0 Å². The van der Waals surface area contributed by atoms with E-state index in [1.807, 2.05) is 27.7 Å². The minimum absolute atomic E-state index is 0.0399. The van der Waals surface area contributed by atoms with E-state index >= 15 is 0 Å². The molecule has 0 aromatic heterocycles. The topological polar surface area (TPSA) is 138 Å². The van der Waals surface area contributed by atoms with E-state index < -0.39 is 62.7 Å². The highest BCUT2D eigenvalue weighted by Crippen LogP contribution is 2.74. The molecule has 0 radical (unpaired) electrons. The first-order chi connectivity index (χ1) is 18.1. The van der Waals surface area contributed by atoms with Crippen LogP contribution in [0.1, 0.15) is 88.0 Å². The summed E-state index contributed by atoms with van der Waals surface area (Å²) in [6.45, 7) is 15.5. The van der Waals surface area contributed by atoms with Gasteiger partial charge in [-0.1, -0.05) is 46.3 Å². The summed E-state index contributed by atoms with van der Waals surface area (Å²) in [6, 6.07) is 0. The Kier molecular flexibility index (Phi) is 7.06. The molecule has 4 aliphatic carbocycles. The summed E-state index contributed by atoms with van der Waals surface area (Å²) >= 11 is 0. The van der Waals surface area contributed by atoms with Gasteiger partial charge >= 0.3 is 5.97 Å². The smallest absolute Gasteiger partial charge is 0.303 e. The second kappa shape index (κ2) is 9.17. The van der Waals surface area contributed by atoms with Crippen molar-refractivity contribution in [3.8, 4) is 0 Å². The van der Waals surface area contributed by atoms with Gasteiger partial charge in [0, 0.05) is 36.5 Å². The van der Waals surface area contributed by atoms with Crippen LogP contribution < -0.4 is 0 Å². The lowest BCUT2D eigenvalue weighted by Gasteiger charge is -2.64. The number of carbonyl (C=O) groups excluding carboxylic acids is 4. The molecule has 4 rings (SSSR count). The number of hydrogen-bond acceptors (Lipinski definition) is 8. The normalized spacial score (nSPS) is 42.4. The lowest BCUT2D eigenvalue weighted by molar-refractivity contribution is -0.183. The zero-order chi connectivity index (χ0) is 30.4. The minimum Gasteiger partial charge on any atom is -0.456 e. The molecule has 9 atom stereocenters. The molecule has 3 fully saturated rings. The monoisotopic (exact) mass is 558 g/mol. The summed E-state index contributed by atoms with van der Waals surface area (Å²) in [6.07, 6.45) is 3.50. The fourth-order valence-electron chi connectivity index (χ4n) is 9.35. The maximum Gasteiger partial charge on any atom is 0.303 e. The van der Waals surface area contributed by atoms with Crippen molar-refractivity contribution in [2.45, 2.75) is 111 Å². The Morgan fingerprint density at radius 3 is 2.23 bits per heavy atom. The number of carbonyl (C=O) groups is 4. The Bertz CT molecular complexity index is 1210. The third-order valence-corrected chi connectivity index (χ3v) is 11.6. The maximum atomic E-state index is 14.3. The van der Waals surface area contributed by atoms with Gasteiger partial charge in [0.1, 0.15) is 23.1 Å². The third-order valence-electron chi connectivity index (χ3n) is 11.6. The van der Waals surface area contributed by atoms with Crippen molar-refractivity contribution < 1.29 is 39.2 Å². The fourth-order valence-corrected chi connectivity index (χ4v) is 9.35. The van der Waals surface area contributed by atoms with E-state index in [1.54, 1.807) is 13.8 Å². The van der Waals surface area contributed by atoms with E-state index in [4.69, 9.17) is 4.74 Å². The second-order valence-electron chi connectivity index (χ2n) is 14.8. The van der Waals surface area contributed by atoms with Gasteiger partial charge in [0.15, 0.2) is 11.6 Å². The van der Waals surface area contributed by atoms with Gasteiger partial charge < -0.3 is 20.1 Å². The highest BCUT2D eigenvalue weighted by Gasteiger charge is 2.74. The summed E-state index contributed by atoms with van der Waals surface area (Å²) < 4.78 is 5.23. The van der Waals surface area contributed by atoms with E-state index in [0.29, 0.717) is 12.8 Å². The predicted molar refractivity (Wildman–Crippen MR) is 148 cm³/mol. The van der Waals surface area contributed by atoms with E-state index in [-0.39, 0.29) is 36.2 Å². The van der Waals surface area contributed by atoms with Gasteiger partial charge in [0.2, 0.25) is 0 Å². The summed E-state index contributed by atoms with van der Waals surface area (Å²) in [5.41, 5.74) is -5.33. The lowest BCUT2D eigenvalue weighted by atomic mass is 9.38. The van der Waals surface area contributed by atoms with E-state index in [2.05, 4.69) is 13.0 Å². The number of aliphatic hydroxyl groups excluding tert-OH is 2.